The van der Waals surface area contributed by atoms with Gasteiger partial charge in [-0.2, -0.15) is 0 Å². The average molecular weight is 427 g/mol. The van der Waals surface area contributed by atoms with Gasteiger partial charge in [0.2, 0.25) is 11.8 Å². The van der Waals surface area contributed by atoms with Crippen LogP contribution in [0.5, 0.6) is 11.5 Å². The smallest absolute Gasteiger partial charge is 0.242 e. The lowest BCUT2D eigenvalue weighted by Gasteiger charge is -2.30. The Kier molecular flexibility index (Phi) is 8.91. The van der Waals surface area contributed by atoms with Crippen LogP contribution in [0.15, 0.2) is 42.5 Å². The van der Waals surface area contributed by atoms with Gasteiger partial charge >= 0.3 is 0 Å². The first-order valence-corrected chi connectivity index (χ1v) is 10.6. The lowest BCUT2D eigenvalue weighted by atomic mass is 10.0. The Hall–Kier alpha value is -3.02. The number of nitrogens with zero attached hydrogens (tertiary/aromatic N) is 1. The van der Waals surface area contributed by atoms with Crippen molar-refractivity contribution in [2.45, 2.75) is 59.2 Å². The Morgan fingerprint density at radius 2 is 1.68 bits per heavy atom. The van der Waals surface area contributed by atoms with Crippen molar-refractivity contribution in [1.82, 2.24) is 10.2 Å². The van der Waals surface area contributed by atoms with Crippen LogP contribution in [0.3, 0.4) is 0 Å². The average Bonchev–Trinajstić information content (AvgIpc) is 2.75. The van der Waals surface area contributed by atoms with Crippen molar-refractivity contribution < 1.29 is 19.1 Å². The van der Waals surface area contributed by atoms with Gasteiger partial charge in [-0.25, -0.2) is 0 Å². The zero-order valence-electron chi connectivity index (χ0n) is 19.4. The number of benzene rings is 2. The molecule has 0 fully saturated rings. The highest BCUT2D eigenvalue weighted by Gasteiger charge is 2.26. The molecule has 6 heteroatoms. The summed E-state index contributed by atoms with van der Waals surface area (Å²) >= 11 is 0. The minimum Gasteiger partial charge on any atom is -0.493 e. The van der Waals surface area contributed by atoms with Crippen molar-refractivity contribution in [3.05, 3.63) is 59.2 Å². The Morgan fingerprint density at radius 1 is 1.00 bits per heavy atom. The van der Waals surface area contributed by atoms with Gasteiger partial charge in [-0.15, -0.1) is 0 Å². The molecule has 2 aromatic rings. The minimum atomic E-state index is -0.570. The molecule has 2 amide bonds. The van der Waals surface area contributed by atoms with Crippen molar-refractivity contribution in [3.63, 3.8) is 0 Å². The molecule has 168 valence electrons. The number of nitrogens with one attached hydrogen (secondary N) is 1. The number of ether oxygens (including phenoxy) is 2. The first-order valence-electron chi connectivity index (χ1n) is 10.6. The third-order valence-corrected chi connectivity index (χ3v) is 5.28. The van der Waals surface area contributed by atoms with Gasteiger partial charge < -0.3 is 19.7 Å². The highest BCUT2D eigenvalue weighted by atomic mass is 16.5. The maximum Gasteiger partial charge on any atom is 0.242 e. The summed E-state index contributed by atoms with van der Waals surface area (Å²) in [6.07, 6.45) is 0.836. The van der Waals surface area contributed by atoms with Crippen LogP contribution in [0.25, 0.3) is 0 Å². The van der Waals surface area contributed by atoms with Crippen molar-refractivity contribution in [3.8, 4) is 11.5 Å². The summed E-state index contributed by atoms with van der Waals surface area (Å²) in [4.78, 5) is 27.6. The Bertz CT molecular complexity index is 895. The zero-order chi connectivity index (χ0) is 23.0. The van der Waals surface area contributed by atoms with Gasteiger partial charge in [-0.1, -0.05) is 30.3 Å². The molecule has 0 aliphatic heterocycles. The molecule has 0 radical (unpaired) electrons. The van der Waals surface area contributed by atoms with E-state index in [1.807, 2.05) is 63.2 Å². The molecule has 0 aromatic heterocycles. The predicted octanol–water partition coefficient (Wildman–Crippen LogP) is 3.89. The molecule has 2 aromatic carbocycles. The summed E-state index contributed by atoms with van der Waals surface area (Å²) in [5.41, 5.74) is 3.10. The van der Waals surface area contributed by atoms with Crippen LogP contribution in [0.2, 0.25) is 0 Å². The molecule has 31 heavy (non-hydrogen) atoms. The first kappa shape index (κ1) is 24.3. The zero-order valence-corrected chi connectivity index (χ0v) is 19.4. The van der Waals surface area contributed by atoms with Crippen molar-refractivity contribution in [1.29, 1.82) is 0 Å². The van der Waals surface area contributed by atoms with Crippen LogP contribution >= 0.6 is 0 Å². The fourth-order valence-corrected chi connectivity index (χ4v) is 3.39. The summed E-state index contributed by atoms with van der Waals surface area (Å²) < 4.78 is 10.6. The van der Waals surface area contributed by atoms with E-state index in [4.69, 9.17) is 9.47 Å². The van der Waals surface area contributed by atoms with Crippen LogP contribution in [-0.4, -0.2) is 43.0 Å². The normalized spacial score (nSPS) is 11.7. The molecule has 0 aliphatic carbocycles. The van der Waals surface area contributed by atoms with Gasteiger partial charge in [-0.3, -0.25) is 9.59 Å². The van der Waals surface area contributed by atoms with Crippen LogP contribution in [0.4, 0.5) is 0 Å². The minimum absolute atomic E-state index is 0.0112. The molecule has 6 nitrogen and oxygen atoms in total. The number of carbonyl (C=O) groups is 2. The van der Waals surface area contributed by atoms with Crippen LogP contribution in [-0.2, 0) is 22.6 Å². The lowest BCUT2D eigenvalue weighted by Crippen LogP contribution is -2.49. The number of methoxy groups -OCH3 is 2. The second-order valence-electron chi connectivity index (χ2n) is 7.98. The number of hydrogen-bond acceptors (Lipinski definition) is 4. The SMILES string of the molecule is COc1ccc(CCC(=O)N(Cc2ccccc2C)[C@H](C)C(=O)NC(C)C)cc1OC. The molecule has 0 unspecified atom stereocenters. The second kappa shape index (κ2) is 11.4. The quantitative estimate of drug-likeness (QED) is 0.626. The van der Waals surface area contributed by atoms with Crippen molar-refractivity contribution in [2.24, 2.45) is 0 Å². The van der Waals surface area contributed by atoms with E-state index < -0.39 is 6.04 Å². The van der Waals surface area contributed by atoms with E-state index in [1.165, 1.54) is 0 Å². The summed E-state index contributed by atoms with van der Waals surface area (Å²) in [5, 5.41) is 2.92. The van der Waals surface area contributed by atoms with Gasteiger partial charge in [-0.05, 0) is 62.9 Å². The van der Waals surface area contributed by atoms with Gasteiger partial charge in [0.05, 0.1) is 14.2 Å². The molecular weight excluding hydrogens is 392 g/mol. The molecule has 1 atom stereocenters. The van der Waals surface area contributed by atoms with Gasteiger partial charge in [0.15, 0.2) is 11.5 Å². The van der Waals surface area contributed by atoms with Crippen molar-refractivity contribution in [2.75, 3.05) is 14.2 Å². The van der Waals surface area contributed by atoms with Gasteiger partial charge in [0.1, 0.15) is 6.04 Å². The Labute approximate surface area is 185 Å². The largest absolute Gasteiger partial charge is 0.493 e. The van der Waals surface area contributed by atoms with Gasteiger partial charge in [0.25, 0.3) is 0 Å². The molecule has 0 spiro atoms. The molecule has 0 saturated heterocycles. The van der Waals surface area contributed by atoms with E-state index in [0.29, 0.717) is 30.9 Å². The maximum atomic E-state index is 13.2. The molecule has 1 N–H and O–H groups in total. The number of rotatable bonds is 10. The molecule has 0 saturated carbocycles. The molecule has 0 aliphatic rings. The molecule has 0 heterocycles. The Morgan fingerprint density at radius 3 is 2.29 bits per heavy atom. The molecule has 0 bridgehead atoms. The summed E-state index contributed by atoms with van der Waals surface area (Å²) in [6, 6.07) is 13.0. The third-order valence-electron chi connectivity index (χ3n) is 5.28. The highest BCUT2D eigenvalue weighted by molar-refractivity contribution is 5.87. The van der Waals surface area contributed by atoms with Crippen LogP contribution < -0.4 is 14.8 Å². The Balaban J connectivity index is 2.19. The van der Waals surface area contributed by atoms with E-state index in [-0.39, 0.29) is 17.9 Å². The summed E-state index contributed by atoms with van der Waals surface area (Å²) in [5.74, 6) is 1.07. The van der Waals surface area contributed by atoms with E-state index in [0.717, 1.165) is 16.7 Å². The number of hydrogen-bond donors (Lipinski definition) is 1. The summed E-state index contributed by atoms with van der Waals surface area (Å²) in [7, 11) is 3.18. The standard InChI is InChI=1S/C25H34N2O4/c1-17(2)26-25(29)19(4)27(16-21-10-8-7-9-18(21)3)24(28)14-12-20-11-13-22(30-5)23(15-20)31-6/h7-11,13,15,17,19H,12,14,16H2,1-6H3,(H,26,29)/t19-/m1/s1. The number of carbonyl (C=O) groups excluding carboxylic acids is 2. The number of aryl methyl sites for hydroxylation is 2. The first-order chi connectivity index (χ1) is 14.8. The monoisotopic (exact) mass is 426 g/mol. The third kappa shape index (κ3) is 6.74. The highest BCUT2D eigenvalue weighted by Crippen LogP contribution is 2.28. The predicted molar refractivity (Wildman–Crippen MR) is 122 cm³/mol. The van der Waals surface area contributed by atoms with Gasteiger partial charge in [0, 0.05) is 19.0 Å². The van der Waals surface area contributed by atoms with E-state index >= 15 is 0 Å². The van der Waals surface area contributed by atoms with Crippen LogP contribution in [0.1, 0.15) is 43.9 Å². The number of amides is 2. The molecule has 2 rings (SSSR count). The van der Waals surface area contributed by atoms with E-state index in [2.05, 4.69) is 5.32 Å². The maximum absolute atomic E-state index is 13.2. The fraction of sp³-hybridized carbons (Fsp3) is 0.440. The van der Waals surface area contributed by atoms with E-state index in [9.17, 15) is 9.59 Å². The second-order valence-corrected chi connectivity index (χ2v) is 7.98. The fourth-order valence-electron chi connectivity index (χ4n) is 3.39. The van der Waals surface area contributed by atoms with Crippen LogP contribution in [0, 0.1) is 6.92 Å². The van der Waals surface area contributed by atoms with E-state index in [1.54, 1.807) is 26.0 Å². The van der Waals surface area contributed by atoms with Crippen molar-refractivity contribution >= 4 is 11.8 Å². The lowest BCUT2D eigenvalue weighted by molar-refractivity contribution is -0.140. The topological polar surface area (TPSA) is 67.9 Å². The molecular formula is C25H34N2O4. The summed E-state index contributed by atoms with van der Waals surface area (Å²) in [6.45, 7) is 8.01.